The average Bonchev–Trinajstić information content (AvgIpc) is 3.78. The van der Waals surface area contributed by atoms with Crippen LogP contribution < -0.4 is 76.1 Å². The molecule has 0 radical (unpaired) electrons. The van der Waals surface area contributed by atoms with Gasteiger partial charge in [0.1, 0.15) is 42.3 Å². The van der Waals surface area contributed by atoms with Gasteiger partial charge in [0.15, 0.2) is 5.96 Å². The number of urea groups is 1. The van der Waals surface area contributed by atoms with Crippen molar-refractivity contribution in [2.75, 3.05) is 26.2 Å². The molecule has 0 saturated carbocycles. The van der Waals surface area contributed by atoms with Crippen LogP contribution in [-0.2, 0) is 56.0 Å². The summed E-state index contributed by atoms with van der Waals surface area (Å²) in [6.07, 6.45) is 2.35. The number of H-pyrrole nitrogens is 1. The molecule has 0 aliphatic carbocycles. The lowest BCUT2D eigenvalue weighted by atomic mass is 10.0. The molecule has 414 valence electrons. The molecule has 26 nitrogen and oxygen atoms in total. The van der Waals surface area contributed by atoms with Gasteiger partial charge in [-0.1, -0.05) is 48.5 Å². The molecular formula is C50H74N16O10. The fraction of sp³-hybridized carbons (Fsp3) is 0.500. The van der Waals surface area contributed by atoms with Gasteiger partial charge in [0.25, 0.3) is 0 Å². The number of benzene rings is 2. The van der Waals surface area contributed by atoms with Crippen molar-refractivity contribution in [1.82, 2.24) is 58.2 Å². The van der Waals surface area contributed by atoms with Gasteiger partial charge in [-0.15, -0.1) is 0 Å². The molecule has 1 aliphatic rings. The van der Waals surface area contributed by atoms with Crippen LogP contribution in [0.3, 0.4) is 0 Å². The minimum Gasteiger partial charge on any atom is -0.370 e. The molecule has 2 heterocycles. The second kappa shape index (κ2) is 31.4. The van der Waals surface area contributed by atoms with Crippen molar-refractivity contribution in [2.45, 2.75) is 133 Å². The van der Waals surface area contributed by atoms with E-state index in [1.807, 2.05) is 18.2 Å². The number of amides is 11. The number of aromatic amines is 1. The number of nitrogens with one attached hydrogen (secondary N) is 12. The Labute approximate surface area is 440 Å². The van der Waals surface area contributed by atoms with Crippen LogP contribution in [-0.4, -0.2) is 139 Å². The monoisotopic (exact) mass is 1060 g/mol. The zero-order valence-corrected chi connectivity index (χ0v) is 42.7. The number of carbonyl (C=O) groups excluding carboxylic acids is 10. The van der Waals surface area contributed by atoms with E-state index in [-0.39, 0.29) is 96.3 Å². The van der Waals surface area contributed by atoms with Crippen LogP contribution in [0.2, 0.25) is 0 Å². The molecule has 4 rings (SSSR count). The summed E-state index contributed by atoms with van der Waals surface area (Å²) >= 11 is 0. The number of fused-ring (bicyclic) bond motifs is 1. The largest absolute Gasteiger partial charge is 0.370 e. The van der Waals surface area contributed by atoms with Crippen molar-refractivity contribution in [1.29, 1.82) is 5.41 Å². The molecule has 3 aromatic rings. The number of rotatable bonds is 20. The highest BCUT2D eigenvalue weighted by atomic mass is 16.2. The fourth-order valence-corrected chi connectivity index (χ4v) is 8.47. The number of nitrogens with two attached hydrogens (primary N) is 4. The Balaban J connectivity index is 1.77. The van der Waals surface area contributed by atoms with Crippen LogP contribution in [0.4, 0.5) is 4.79 Å². The Kier molecular flexibility index (Phi) is 24.9. The van der Waals surface area contributed by atoms with Crippen molar-refractivity contribution in [2.24, 2.45) is 22.9 Å². The first-order valence-electron chi connectivity index (χ1n) is 25.4. The van der Waals surface area contributed by atoms with Crippen molar-refractivity contribution in [3.8, 4) is 0 Å². The molecule has 2 aromatic carbocycles. The average molecular weight is 1060 g/mol. The Hall–Kier alpha value is -8.29. The summed E-state index contributed by atoms with van der Waals surface area (Å²) < 4.78 is 0. The van der Waals surface area contributed by atoms with Crippen LogP contribution in [0.5, 0.6) is 0 Å². The summed E-state index contributed by atoms with van der Waals surface area (Å²) in [6.45, 7) is 1.62. The SMILES string of the molecule is CC(=O)N[C@@H](CCCNC(=N)N)C(=O)N[C@H]1CC(=O)NCCCC[C@@H](C(N)=O)NC(=O)[C@H](Cc2c[nH]c3ccccc23)NC(=O)[C@H](CCCNC(N)=O)NC(=O)[C@@H](Cc2ccccc2)NC(=O)[C@H](CCCCN)NC1=O. The second-order valence-corrected chi connectivity index (χ2v) is 18.5. The number of primary amides is 2. The van der Waals surface area contributed by atoms with Crippen LogP contribution in [0, 0.1) is 5.41 Å². The number of aromatic nitrogens is 1. The van der Waals surface area contributed by atoms with E-state index in [0.29, 0.717) is 24.0 Å². The third-order valence-electron chi connectivity index (χ3n) is 12.4. The van der Waals surface area contributed by atoms with Gasteiger partial charge in [0.05, 0.1) is 6.42 Å². The number of hydrogen-bond donors (Lipinski definition) is 16. The summed E-state index contributed by atoms with van der Waals surface area (Å²) in [5.41, 5.74) is 24.3. The summed E-state index contributed by atoms with van der Waals surface area (Å²) in [7, 11) is 0. The molecular weight excluding hydrogens is 985 g/mol. The van der Waals surface area contributed by atoms with Crippen LogP contribution in [0.15, 0.2) is 60.8 Å². The van der Waals surface area contributed by atoms with Crippen molar-refractivity contribution >= 4 is 76.1 Å². The second-order valence-electron chi connectivity index (χ2n) is 18.5. The van der Waals surface area contributed by atoms with E-state index in [1.54, 1.807) is 42.6 Å². The van der Waals surface area contributed by atoms with E-state index in [0.717, 1.165) is 10.9 Å². The van der Waals surface area contributed by atoms with Gasteiger partial charge < -0.3 is 81.1 Å². The standard InChI is InChI=1S/C50H74N16O10/c1-29(67)60-35(19-11-23-57-49(53)54)43(70)66-40-27-41(68)56-22-10-8-17-34(42(52)69)61-47(74)39(26-31-28-59-33-16-6-5-15-32(31)33)65-45(72)37(20-12-24-58-50(55)76)63-46(73)38(25-30-13-3-2-4-14-30)64-44(71)36(62-48(40)75)18-7-9-21-51/h2-6,13-16,28,34-40,59H,7-12,17-27,51H2,1H3,(H2,52,69)(H,56,68)(H,60,67)(H,61,74)(H,62,75)(H,63,73)(H,64,71)(H,65,72)(H,66,70)(H4,53,54,57)(H3,55,58,76)/t34-,35-,36-,37-,38+,39-,40-/m0/s1. The van der Waals surface area contributed by atoms with Crippen molar-refractivity contribution in [3.05, 3.63) is 71.9 Å². The van der Waals surface area contributed by atoms with E-state index in [4.69, 9.17) is 28.3 Å². The molecule has 7 atom stereocenters. The predicted octanol–water partition coefficient (Wildman–Crippen LogP) is -2.62. The molecule has 76 heavy (non-hydrogen) atoms. The molecule has 1 saturated heterocycles. The van der Waals surface area contributed by atoms with Gasteiger partial charge in [-0.05, 0) is 87.9 Å². The van der Waals surface area contributed by atoms with Crippen LogP contribution in [0.25, 0.3) is 10.9 Å². The van der Waals surface area contributed by atoms with E-state index < -0.39 is 108 Å². The molecule has 0 unspecified atom stereocenters. The lowest BCUT2D eigenvalue weighted by Crippen LogP contribution is -2.60. The Bertz CT molecular complexity index is 2490. The third kappa shape index (κ3) is 20.9. The zero-order chi connectivity index (χ0) is 55.6. The summed E-state index contributed by atoms with van der Waals surface area (Å²) in [6, 6.07) is 5.48. The lowest BCUT2D eigenvalue weighted by molar-refractivity contribution is -0.136. The molecule has 20 N–H and O–H groups in total. The van der Waals surface area contributed by atoms with Gasteiger partial charge in [-0.3, -0.25) is 48.6 Å². The molecule has 1 aromatic heterocycles. The first kappa shape index (κ1) is 60.3. The summed E-state index contributed by atoms with van der Waals surface area (Å²) in [5.74, 6) is -7.52. The highest BCUT2D eigenvalue weighted by Crippen LogP contribution is 2.20. The van der Waals surface area contributed by atoms with Gasteiger partial charge in [-0.2, -0.15) is 0 Å². The number of carbonyl (C=O) groups is 10. The van der Waals surface area contributed by atoms with Crippen molar-refractivity contribution < 1.29 is 47.9 Å². The highest BCUT2D eigenvalue weighted by Gasteiger charge is 2.35. The first-order valence-corrected chi connectivity index (χ1v) is 25.4. The van der Waals surface area contributed by atoms with E-state index in [1.165, 1.54) is 6.92 Å². The van der Waals surface area contributed by atoms with Crippen LogP contribution >= 0.6 is 0 Å². The van der Waals surface area contributed by atoms with E-state index in [2.05, 4.69) is 58.2 Å². The minimum absolute atomic E-state index is 0.00203. The third-order valence-corrected chi connectivity index (χ3v) is 12.4. The lowest BCUT2D eigenvalue weighted by Gasteiger charge is -2.28. The maximum absolute atomic E-state index is 14.6. The number of hydrogen-bond acceptors (Lipinski definition) is 12. The topological polar surface area (TPSA) is 435 Å². The van der Waals surface area contributed by atoms with Crippen LogP contribution in [0.1, 0.15) is 88.7 Å². The normalized spacial score (nSPS) is 21.0. The van der Waals surface area contributed by atoms with E-state index in [9.17, 15) is 47.9 Å². The quantitative estimate of drug-likeness (QED) is 0.0314. The first-order chi connectivity index (χ1) is 36.3. The molecule has 0 bridgehead atoms. The van der Waals surface area contributed by atoms with Gasteiger partial charge in [0, 0.05) is 56.5 Å². The van der Waals surface area contributed by atoms with Gasteiger partial charge in [-0.25, -0.2) is 4.79 Å². The molecule has 26 heteroatoms. The zero-order valence-electron chi connectivity index (χ0n) is 42.7. The number of unbranched alkanes of at least 4 members (excludes halogenated alkanes) is 1. The Morgan fingerprint density at radius 1 is 0.697 bits per heavy atom. The van der Waals surface area contributed by atoms with E-state index >= 15 is 0 Å². The summed E-state index contributed by atoms with van der Waals surface area (Å²) in [4.78, 5) is 140. The Morgan fingerprint density at radius 3 is 1.96 bits per heavy atom. The fourth-order valence-electron chi connectivity index (χ4n) is 8.47. The highest BCUT2D eigenvalue weighted by molar-refractivity contribution is 5.99. The summed E-state index contributed by atoms with van der Waals surface area (Å²) in [5, 5.41) is 34.6. The molecule has 1 fully saturated rings. The maximum Gasteiger partial charge on any atom is 0.312 e. The molecule has 0 spiro atoms. The number of guanidine groups is 1. The van der Waals surface area contributed by atoms with Crippen molar-refractivity contribution in [3.63, 3.8) is 0 Å². The molecule has 1 aliphatic heterocycles. The number of para-hydroxylation sites is 1. The maximum atomic E-state index is 14.6. The van der Waals surface area contributed by atoms with Gasteiger partial charge in [0.2, 0.25) is 53.2 Å². The van der Waals surface area contributed by atoms with Gasteiger partial charge >= 0.3 is 6.03 Å². The minimum atomic E-state index is -1.62. The molecule has 11 amide bonds. The smallest absolute Gasteiger partial charge is 0.312 e. The Morgan fingerprint density at radius 2 is 1.30 bits per heavy atom. The predicted molar refractivity (Wildman–Crippen MR) is 281 cm³/mol.